The number of carbonyl (C=O) groups excluding carboxylic acids is 2. The van der Waals surface area contributed by atoms with Gasteiger partial charge in [0.15, 0.2) is 0 Å². The fourth-order valence-corrected chi connectivity index (χ4v) is 2.08. The van der Waals surface area contributed by atoms with Gasteiger partial charge >= 0.3 is 0 Å². The van der Waals surface area contributed by atoms with Crippen molar-refractivity contribution in [3.63, 3.8) is 0 Å². The molecule has 0 fully saturated rings. The normalized spacial score (nSPS) is 11.2. The zero-order chi connectivity index (χ0) is 17.7. The van der Waals surface area contributed by atoms with Crippen molar-refractivity contribution in [3.8, 4) is 5.69 Å². The number of likely N-dealkylation sites (N-methyl/N-ethyl adjacent to an activating group) is 1. The van der Waals surface area contributed by atoms with E-state index in [9.17, 15) is 9.59 Å². The van der Waals surface area contributed by atoms with E-state index < -0.39 is 5.41 Å². The van der Waals surface area contributed by atoms with Crippen LogP contribution in [0.5, 0.6) is 0 Å². The number of para-hydroxylation sites is 1. The maximum Gasteiger partial charge on any atom is 0.242 e. The molecular formula is C18H24N4O2. The SMILES string of the molecule is CN(Cc1cnn(-c2ccccc2)c1)C(=O)CNC(=O)C(C)(C)C. The molecule has 2 aromatic rings. The van der Waals surface area contributed by atoms with Gasteiger partial charge in [-0.1, -0.05) is 39.0 Å². The van der Waals surface area contributed by atoms with Crippen LogP contribution in [0, 0.1) is 5.41 Å². The quantitative estimate of drug-likeness (QED) is 0.913. The highest BCUT2D eigenvalue weighted by Gasteiger charge is 2.22. The summed E-state index contributed by atoms with van der Waals surface area (Å²) < 4.78 is 1.77. The molecule has 6 heteroatoms. The number of hydrogen-bond acceptors (Lipinski definition) is 3. The van der Waals surface area contributed by atoms with E-state index in [1.165, 1.54) is 0 Å². The van der Waals surface area contributed by atoms with E-state index >= 15 is 0 Å². The van der Waals surface area contributed by atoms with Crippen LogP contribution in [0.2, 0.25) is 0 Å². The average molecular weight is 328 g/mol. The van der Waals surface area contributed by atoms with Gasteiger partial charge < -0.3 is 10.2 Å². The Morgan fingerprint density at radius 1 is 1.21 bits per heavy atom. The van der Waals surface area contributed by atoms with Crippen LogP contribution in [-0.4, -0.2) is 40.1 Å². The molecule has 6 nitrogen and oxygen atoms in total. The fraction of sp³-hybridized carbons (Fsp3) is 0.389. The van der Waals surface area contributed by atoms with Crippen molar-refractivity contribution in [2.24, 2.45) is 5.41 Å². The van der Waals surface area contributed by atoms with Gasteiger partial charge in [0.1, 0.15) is 0 Å². The first-order valence-electron chi connectivity index (χ1n) is 7.88. The third kappa shape index (κ3) is 4.68. The Labute approximate surface area is 142 Å². The van der Waals surface area contributed by atoms with Crippen molar-refractivity contribution in [2.75, 3.05) is 13.6 Å². The van der Waals surface area contributed by atoms with Gasteiger partial charge in [-0.3, -0.25) is 9.59 Å². The topological polar surface area (TPSA) is 67.2 Å². The van der Waals surface area contributed by atoms with Crippen molar-refractivity contribution in [1.82, 2.24) is 20.0 Å². The molecule has 24 heavy (non-hydrogen) atoms. The van der Waals surface area contributed by atoms with Gasteiger partial charge in [-0.15, -0.1) is 0 Å². The number of carbonyl (C=O) groups is 2. The summed E-state index contributed by atoms with van der Waals surface area (Å²) in [5.41, 5.74) is 1.39. The Kier molecular flexibility index (Phi) is 5.39. The zero-order valence-corrected chi connectivity index (χ0v) is 14.6. The van der Waals surface area contributed by atoms with Gasteiger partial charge in [0, 0.05) is 30.8 Å². The molecule has 1 aromatic heterocycles. The average Bonchev–Trinajstić information content (AvgIpc) is 3.00. The molecule has 0 bridgehead atoms. The van der Waals surface area contributed by atoms with Crippen LogP contribution in [0.25, 0.3) is 5.69 Å². The van der Waals surface area contributed by atoms with E-state index in [0.29, 0.717) is 6.54 Å². The van der Waals surface area contributed by atoms with Gasteiger partial charge in [0.05, 0.1) is 18.4 Å². The van der Waals surface area contributed by atoms with E-state index in [2.05, 4.69) is 10.4 Å². The Bertz CT molecular complexity index is 701. The molecule has 1 aromatic carbocycles. The molecule has 0 atom stereocenters. The molecule has 2 rings (SSSR count). The number of hydrogen-bond donors (Lipinski definition) is 1. The molecule has 0 aliphatic carbocycles. The zero-order valence-electron chi connectivity index (χ0n) is 14.6. The van der Waals surface area contributed by atoms with E-state index in [4.69, 9.17) is 0 Å². The molecule has 128 valence electrons. The first kappa shape index (κ1) is 17.7. The van der Waals surface area contributed by atoms with E-state index in [1.807, 2.05) is 57.3 Å². The van der Waals surface area contributed by atoms with Crippen molar-refractivity contribution in [2.45, 2.75) is 27.3 Å². The van der Waals surface area contributed by atoms with Gasteiger partial charge in [-0.2, -0.15) is 5.10 Å². The van der Waals surface area contributed by atoms with Crippen LogP contribution < -0.4 is 5.32 Å². The van der Waals surface area contributed by atoms with Crippen molar-refractivity contribution < 1.29 is 9.59 Å². The first-order chi connectivity index (χ1) is 11.3. The highest BCUT2D eigenvalue weighted by Crippen LogP contribution is 2.12. The Hall–Kier alpha value is -2.63. The molecule has 1 N–H and O–H groups in total. The lowest BCUT2D eigenvalue weighted by molar-refractivity contribution is -0.134. The van der Waals surface area contributed by atoms with E-state index in [0.717, 1.165) is 11.3 Å². The largest absolute Gasteiger partial charge is 0.347 e. The maximum atomic E-state index is 12.1. The molecule has 0 unspecified atom stereocenters. The van der Waals surface area contributed by atoms with Gasteiger partial charge in [0.2, 0.25) is 11.8 Å². The minimum atomic E-state index is -0.504. The highest BCUT2D eigenvalue weighted by molar-refractivity contribution is 5.87. The van der Waals surface area contributed by atoms with Crippen molar-refractivity contribution >= 4 is 11.8 Å². The molecule has 1 heterocycles. The summed E-state index contributed by atoms with van der Waals surface area (Å²) in [6.07, 6.45) is 3.64. The molecule has 0 spiro atoms. The van der Waals surface area contributed by atoms with Crippen LogP contribution in [0.15, 0.2) is 42.7 Å². The van der Waals surface area contributed by atoms with Crippen LogP contribution >= 0.6 is 0 Å². The Morgan fingerprint density at radius 3 is 2.50 bits per heavy atom. The summed E-state index contributed by atoms with van der Waals surface area (Å²) in [6.45, 7) is 5.88. The molecular weight excluding hydrogens is 304 g/mol. The van der Waals surface area contributed by atoms with Gasteiger partial charge in [-0.25, -0.2) is 4.68 Å². The standard InChI is InChI=1S/C18H24N4O2/c1-18(2,3)17(24)19-11-16(23)21(4)12-14-10-20-22(13-14)15-8-6-5-7-9-15/h5-10,13H,11-12H2,1-4H3,(H,19,24). The van der Waals surface area contributed by atoms with Crippen LogP contribution in [0.4, 0.5) is 0 Å². The highest BCUT2D eigenvalue weighted by atomic mass is 16.2. The van der Waals surface area contributed by atoms with Crippen molar-refractivity contribution in [1.29, 1.82) is 0 Å². The smallest absolute Gasteiger partial charge is 0.242 e. The number of benzene rings is 1. The summed E-state index contributed by atoms with van der Waals surface area (Å²) >= 11 is 0. The van der Waals surface area contributed by atoms with Crippen molar-refractivity contribution in [3.05, 3.63) is 48.3 Å². The third-order valence-electron chi connectivity index (χ3n) is 3.58. The number of nitrogens with one attached hydrogen (secondary N) is 1. The Morgan fingerprint density at radius 2 is 1.88 bits per heavy atom. The maximum absolute atomic E-state index is 12.1. The van der Waals surface area contributed by atoms with E-state index in [-0.39, 0.29) is 18.4 Å². The minimum absolute atomic E-state index is 0.000570. The number of nitrogens with zero attached hydrogens (tertiary/aromatic N) is 3. The summed E-state index contributed by atoms with van der Waals surface area (Å²) in [4.78, 5) is 25.5. The van der Waals surface area contributed by atoms with E-state index in [1.54, 1.807) is 22.8 Å². The Balaban J connectivity index is 1.90. The predicted octanol–water partition coefficient (Wildman–Crippen LogP) is 1.99. The fourth-order valence-electron chi connectivity index (χ4n) is 2.08. The molecule has 2 amide bonds. The summed E-state index contributed by atoms with van der Waals surface area (Å²) in [7, 11) is 1.71. The number of aromatic nitrogens is 2. The lowest BCUT2D eigenvalue weighted by Gasteiger charge is -2.20. The second kappa shape index (κ2) is 7.29. The predicted molar refractivity (Wildman–Crippen MR) is 92.5 cm³/mol. The molecule has 0 aliphatic heterocycles. The number of amides is 2. The summed E-state index contributed by atoms with van der Waals surface area (Å²) in [6, 6.07) is 9.78. The monoisotopic (exact) mass is 328 g/mol. The van der Waals surface area contributed by atoms with Crippen LogP contribution in [0.1, 0.15) is 26.3 Å². The summed E-state index contributed by atoms with van der Waals surface area (Å²) in [5, 5.41) is 6.98. The third-order valence-corrected chi connectivity index (χ3v) is 3.58. The molecule has 0 radical (unpaired) electrons. The van der Waals surface area contributed by atoms with Gasteiger partial charge in [0.25, 0.3) is 0 Å². The lowest BCUT2D eigenvalue weighted by Crippen LogP contribution is -2.42. The second-order valence-corrected chi connectivity index (χ2v) is 6.81. The van der Waals surface area contributed by atoms with Gasteiger partial charge in [-0.05, 0) is 12.1 Å². The lowest BCUT2D eigenvalue weighted by atomic mass is 9.96. The molecule has 0 saturated heterocycles. The number of rotatable bonds is 5. The second-order valence-electron chi connectivity index (χ2n) is 6.81. The molecule has 0 aliphatic rings. The van der Waals surface area contributed by atoms with Crippen LogP contribution in [0.3, 0.4) is 0 Å². The van der Waals surface area contributed by atoms with Crippen LogP contribution in [-0.2, 0) is 16.1 Å². The minimum Gasteiger partial charge on any atom is -0.347 e. The first-order valence-corrected chi connectivity index (χ1v) is 7.88. The summed E-state index contributed by atoms with van der Waals surface area (Å²) in [5.74, 6) is -0.277. The molecule has 0 saturated carbocycles.